The molecule has 0 radical (unpaired) electrons. The number of nitrogens with zero attached hydrogens (tertiary/aromatic N) is 2. The highest BCUT2D eigenvalue weighted by Crippen LogP contribution is 2.20. The fourth-order valence-electron chi connectivity index (χ4n) is 4.11. The number of hydrogen-bond acceptors (Lipinski definition) is 3. The van der Waals surface area contributed by atoms with Crippen molar-refractivity contribution < 1.29 is 4.79 Å². The van der Waals surface area contributed by atoms with Gasteiger partial charge in [0.2, 0.25) is 5.91 Å². The van der Waals surface area contributed by atoms with Gasteiger partial charge < -0.3 is 10.2 Å². The van der Waals surface area contributed by atoms with Gasteiger partial charge in [0.1, 0.15) is 0 Å². The predicted octanol–water partition coefficient (Wildman–Crippen LogP) is 5.78. The number of hydrogen-bond donors (Lipinski definition) is 1. The van der Waals surface area contributed by atoms with Crippen LogP contribution >= 0.6 is 0 Å². The minimum atomic E-state index is -0.120. The number of carbonyl (C=O) groups excluding carboxylic acids is 1. The van der Waals surface area contributed by atoms with Crippen molar-refractivity contribution in [1.82, 2.24) is 4.90 Å². The molecule has 0 atom stereocenters. The minimum Gasteiger partial charge on any atom is -0.369 e. The second-order valence-electron chi connectivity index (χ2n) is 8.94. The van der Waals surface area contributed by atoms with Crippen molar-refractivity contribution in [2.75, 3.05) is 36.4 Å². The monoisotopic (exact) mass is 439 g/mol. The molecule has 3 aromatic carbocycles. The Morgan fingerprint density at radius 2 is 1.55 bits per heavy atom. The zero-order valence-corrected chi connectivity index (χ0v) is 19.6. The number of carbonyl (C=O) groups is 1. The van der Waals surface area contributed by atoms with E-state index in [0.29, 0.717) is 5.92 Å². The van der Waals surface area contributed by atoms with Crippen molar-refractivity contribution in [3.63, 3.8) is 0 Å². The summed E-state index contributed by atoms with van der Waals surface area (Å²) in [6.07, 6.45) is 3.44. The number of amides is 1. The highest BCUT2D eigenvalue weighted by molar-refractivity contribution is 6.02. The van der Waals surface area contributed by atoms with E-state index in [1.165, 1.54) is 16.8 Å². The maximum atomic E-state index is 12.3. The smallest absolute Gasteiger partial charge is 0.248 e. The molecule has 0 unspecified atom stereocenters. The van der Waals surface area contributed by atoms with Crippen LogP contribution in [0, 0.1) is 0 Å². The van der Waals surface area contributed by atoms with Crippen LogP contribution in [-0.2, 0) is 11.3 Å². The summed E-state index contributed by atoms with van der Waals surface area (Å²) in [5, 5.41) is 2.95. The molecule has 0 bridgehead atoms. The van der Waals surface area contributed by atoms with Crippen molar-refractivity contribution in [2.24, 2.45) is 0 Å². The van der Waals surface area contributed by atoms with Crippen molar-refractivity contribution in [3.8, 4) is 0 Å². The fraction of sp³-hybridized carbons (Fsp3) is 0.276. The molecule has 1 fully saturated rings. The molecule has 170 valence electrons. The first kappa shape index (κ1) is 22.8. The van der Waals surface area contributed by atoms with Crippen LogP contribution in [-0.4, -0.2) is 37.0 Å². The van der Waals surface area contributed by atoms with Gasteiger partial charge in [0.15, 0.2) is 0 Å². The lowest BCUT2D eigenvalue weighted by atomic mass is 10.0. The van der Waals surface area contributed by atoms with Crippen LogP contribution in [0.4, 0.5) is 11.4 Å². The highest BCUT2D eigenvalue weighted by Gasteiger charge is 2.17. The molecular weight excluding hydrogens is 406 g/mol. The van der Waals surface area contributed by atoms with Gasteiger partial charge in [-0.05, 0) is 52.9 Å². The summed E-state index contributed by atoms with van der Waals surface area (Å²) in [6.45, 7) is 9.49. The van der Waals surface area contributed by atoms with Gasteiger partial charge in [-0.1, -0.05) is 68.4 Å². The Bertz CT molecular complexity index is 1050. The van der Waals surface area contributed by atoms with E-state index in [1.807, 2.05) is 30.3 Å². The molecule has 4 nitrogen and oxygen atoms in total. The lowest BCUT2D eigenvalue weighted by Crippen LogP contribution is -2.45. The third kappa shape index (κ3) is 6.56. The van der Waals surface area contributed by atoms with Crippen LogP contribution in [0.1, 0.15) is 36.5 Å². The summed E-state index contributed by atoms with van der Waals surface area (Å²) in [4.78, 5) is 17.2. The molecule has 3 aromatic rings. The Kier molecular flexibility index (Phi) is 7.59. The average Bonchev–Trinajstić information content (AvgIpc) is 2.85. The molecule has 0 saturated carbocycles. The van der Waals surface area contributed by atoms with Crippen LogP contribution in [0.3, 0.4) is 0 Å². The number of anilines is 2. The molecule has 1 amide bonds. The Morgan fingerprint density at radius 1 is 0.879 bits per heavy atom. The molecule has 1 heterocycles. The van der Waals surface area contributed by atoms with E-state index < -0.39 is 0 Å². The number of nitrogens with one attached hydrogen (secondary N) is 1. The summed E-state index contributed by atoms with van der Waals surface area (Å²) >= 11 is 0. The Balaban J connectivity index is 1.25. The molecule has 0 aliphatic carbocycles. The molecule has 4 heteroatoms. The van der Waals surface area contributed by atoms with Gasteiger partial charge in [-0.3, -0.25) is 9.69 Å². The van der Waals surface area contributed by atoms with Crippen molar-refractivity contribution in [2.45, 2.75) is 26.3 Å². The summed E-state index contributed by atoms with van der Waals surface area (Å²) in [6, 6.07) is 27.1. The SMILES string of the molecule is CC(C)c1ccc(C=CC(=O)Nc2ccc(N3CCN(Cc4ccccc4)CC3)cc2)cc1. The zero-order chi connectivity index (χ0) is 23.0. The molecule has 0 spiro atoms. The minimum absolute atomic E-state index is 0.120. The molecule has 1 aliphatic heterocycles. The van der Waals surface area contributed by atoms with E-state index in [9.17, 15) is 4.79 Å². The third-order valence-corrected chi connectivity index (χ3v) is 6.15. The molecule has 1 N–H and O–H groups in total. The first-order chi connectivity index (χ1) is 16.1. The fourth-order valence-corrected chi connectivity index (χ4v) is 4.11. The van der Waals surface area contributed by atoms with Gasteiger partial charge in [0, 0.05) is 50.2 Å². The van der Waals surface area contributed by atoms with E-state index in [1.54, 1.807) is 6.08 Å². The van der Waals surface area contributed by atoms with Crippen LogP contribution in [0.2, 0.25) is 0 Å². The quantitative estimate of drug-likeness (QED) is 0.474. The van der Waals surface area contributed by atoms with Crippen LogP contribution in [0.25, 0.3) is 6.08 Å². The summed E-state index contributed by atoms with van der Waals surface area (Å²) in [7, 11) is 0. The number of benzene rings is 3. The predicted molar refractivity (Wildman–Crippen MR) is 139 cm³/mol. The first-order valence-electron chi connectivity index (χ1n) is 11.8. The lowest BCUT2D eigenvalue weighted by molar-refractivity contribution is -0.111. The largest absolute Gasteiger partial charge is 0.369 e. The van der Waals surface area contributed by atoms with E-state index in [-0.39, 0.29) is 5.91 Å². The van der Waals surface area contributed by atoms with Gasteiger partial charge in [-0.25, -0.2) is 0 Å². The van der Waals surface area contributed by atoms with Crippen molar-refractivity contribution in [3.05, 3.63) is 102 Å². The van der Waals surface area contributed by atoms with Crippen LogP contribution in [0.5, 0.6) is 0 Å². The van der Waals surface area contributed by atoms with E-state index in [0.717, 1.165) is 44.0 Å². The van der Waals surface area contributed by atoms with Gasteiger partial charge in [0.05, 0.1) is 0 Å². The molecule has 1 saturated heterocycles. The molecular formula is C29H33N3O. The second-order valence-corrected chi connectivity index (χ2v) is 8.94. The summed E-state index contributed by atoms with van der Waals surface area (Å²) < 4.78 is 0. The van der Waals surface area contributed by atoms with E-state index >= 15 is 0 Å². The van der Waals surface area contributed by atoms with Gasteiger partial charge in [0.25, 0.3) is 0 Å². The Morgan fingerprint density at radius 3 is 2.18 bits per heavy atom. The van der Waals surface area contributed by atoms with Crippen molar-refractivity contribution in [1.29, 1.82) is 0 Å². The van der Waals surface area contributed by atoms with Crippen molar-refractivity contribution >= 4 is 23.4 Å². The van der Waals surface area contributed by atoms with Gasteiger partial charge in [-0.15, -0.1) is 0 Å². The molecule has 33 heavy (non-hydrogen) atoms. The number of rotatable bonds is 7. The van der Waals surface area contributed by atoms with Gasteiger partial charge in [-0.2, -0.15) is 0 Å². The standard InChI is InChI=1S/C29H33N3O/c1-23(2)26-11-8-24(9-12-26)10-17-29(33)30-27-13-15-28(16-14-27)32-20-18-31(19-21-32)22-25-6-4-3-5-7-25/h3-17,23H,18-22H2,1-2H3,(H,30,33). The third-order valence-electron chi connectivity index (χ3n) is 6.15. The second kappa shape index (κ2) is 11.0. The number of piperazine rings is 1. The van der Waals surface area contributed by atoms with Gasteiger partial charge >= 0.3 is 0 Å². The topological polar surface area (TPSA) is 35.6 Å². The maximum absolute atomic E-state index is 12.3. The maximum Gasteiger partial charge on any atom is 0.248 e. The van der Waals surface area contributed by atoms with E-state index in [2.05, 4.69) is 83.6 Å². The Labute approximate surface area is 197 Å². The van der Waals surface area contributed by atoms with Crippen LogP contribution < -0.4 is 10.2 Å². The van der Waals surface area contributed by atoms with Crippen LogP contribution in [0.15, 0.2) is 84.9 Å². The molecule has 4 rings (SSSR count). The normalized spacial score (nSPS) is 14.7. The van der Waals surface area contributed by atoms with E-state index in [4.69, 9.17) is 0 Å². The summed E-state index contributed by atoms with van der Waals surface area (Å²) in [5.74, 6) is 0.387. The molecule has 0 aromatic heterocycles. The zero-order valence-electron chi connectivity index (χ0n) is 19.6. The summed E-state index contributed by atoms with van der Waals surface area (Å²) in [5.41, 5.74) is 5.71. The lowest BCUT2D eigenvalue weighted by Gasteiger charge is -2.36. The Hall–Kier alpha value is -3.37. The first-order valence-corrected chi connectivity index (χ1v) is 11.8. The average molecular weight is 440 g/mol. The highest BCUT2D eigenvalue weighted by atomic mass is 16.1. The molecule has 1 aliphatic rings.